The van der Waals surface area contributed by atoms with Gasteiger partial charge in [-0.15, -0.1) is 0 Å². The minimum Gasteiger partial charge on any atom is -0.493 e. The van der Waals surface area contributed by atoms with Crippen LogP contribution in [0.4, 0.5) is 0 Å². The molecule has 2 aromatic heterocycles. The molecule has 3 nitrogen and oxygen atoms in total. The van der Waals surface area contributed by atoms with E-state index in [0.717, 1.165) is 28.1 Å². The van der Waals surface area contributed by atoms with E-state index in [1.165, 1.54) is 11.1 Å². The second kappa shape index (κ2) is 5.90. The first-order valence-corrected chi connectivity index (χ1v) is 7.75. The first kappa shape index (κ1) is 14.1. The summed E-state index contributed by atoms with van der Waals surface area (Å²) in [6.45, 7) is 4.77. The number of hydrogen-bond acceptors (Lipinski definition) is 2. The van der Waals surface area contributed by atoms with Gasteiger partial charge in [-0.1, -0.05) is 23.8 Å². The Morgan fingerprint density at radius 2 is 1.76 bits per heavy atom. The molecule has 3 aromatic rings. The molecule has 0 saturated heterocycles. The quantitative estimate of drug-likeness (QED) is 0.703. The second-order valence-electron chi connectivity index (χ2n) is 5.19. The van der Waals surface area contributed by atoms with Crippen molar-refractivity contribution in [2.45, 2.75) is 20.3 Å². The van der Waals surface area contributed by atoms with Crippen molar-refractivity contribution < 1.29 is 4.74 Å². The second-order valence-corrected chi connectivity index (χ2v) is 5.94. The number of aromatic nitrogens is 2. The summed E-state index contributed by atoms with van der Waals surface area (Å²) in [7, 11) is 0. The van der Waals surface area contributed by atoms with Crippen molar-refractivity contribution in [2.75, 3.05) is 6.61 Å². The molecule has 0 atom stereocenters. The summed E-state index contributed by atoms with van der Waals surface area (Å²) >= 11 is 3.51. The maximum atomic E-state index is 5.78. The zero-order valence-electron chi connectivity index (χ0n) is 12.1. The Kier molecular flexibility index (Phi) is 3.97. The molecular weight excluding hydrogens is 328 g/mol. The van der Waals surface area contributed by atoms with Crippen LogP contribution >= 0.6 is 15.9 Å². The number of imidazole rings is 1. The largest absolute Gasteiger partial charge is 0.493 e. The minimum atomic E-state index is 0.614. The molecular formula is C17H17BrN2O. The van der Waals surface area contributed by atoms with E-state index >= 15 is 0 Å². The summed E-state index contributed by atoms with van der Waals surface area (Å²) in [6.07, 6.45) is 2.87. The smallest absolute Gasteiger partial charge is 0.132 e. The number of hydrogen-bond donors (Lipinski definition) is 0. The van der Waals surface area contributed by atoms with Crippen LogP contribution in [0.15, 0.2) is 47.2 Å². The van der Waals surface area contributed by atoms with Crippen LogP contribution in [0.5, 0.6) is 5.75 Å². The van der Waals surface area contributed by atoms with Crippen molar-refractivity contribution in [3.8, 4) is 5.75 Å². The monoisotopic (exact) mass is 344 g/mol. The van der Waals surface area contributed by atoms with Gasteiger partial charge in [0.15, 0.2) is 0 Å². The number of aryl methyl sites for hydroxylation is 2. The number of nitrogens with zero attached hydrogens (tertiary/aromatic N) is 2. The summed E-state index contributed by atoms with van der Waals surface area (Å²) in [6, 6.07) is 12.3. The summed E-state index contributed by atoms with van der Waals surface area (Å²) < 4.78 is 8.79. The van der Waals surface area contributed by atoms with E-state index in [2.05, 4.69) is 69.6 Å². The average Bonchev–Trinajstić information content (AvgIpc) is 2.77. The highest BCUT2D eigenvalue weighted by Crippen LogP contribution is 2.20. The number of ether oxygens (including phenoxy) is 1. The Labute approximate surface area is 132 Å². The Balaban J connectivity index is 1.73. The van der Waals surface area contributed by atoms with Crippen molar-refractivity contribution in [3.63, 3.8) is 0 Å². The normalized spacial score (nSPS) is 11.0. The minimum absolute atomic E-state index is 0.614. The summed E-state index contributed by atoms with van der Waals surface area (Å²) in [5.41, 5.74) is 3.54. The van der Waals surface area contributed by atoms with Gasteiger partial charge in [0.25, 0.3) is 0 Å². The molecule has 0 aliphatic heterocycles. The lowest BCUT2D eigenvalue weighted by atomic mass is 10.2. The number of fused-ring (bicyclic) bond motifs is 1. The Morgan fingerprint density at radius 3 is 2.52 bits per heavy atom. The number of rotatable bonds is 4. The number of benzene rings is 1. The van der Waals surface area contributed by atoms with E-state index in [9.17, 15) is 0 Å². The average molecular weight is 345 g/mol. The fraction of sp³-hybridized carbons (Fsp3) is 0.235. The molecule has 0 aliphatic carbocycles. The van der Waals surface area contributed by atoms with Gasteiger partial charge in [0.1, 0.15) is 16.2 Å². The van der Waals surface area contributed by atoms with Crippen molar-refractivity contribution in [1.82, 2.24) is 9.38 Å². The van der Waals surface area contributed by atoms with Crippen LogP contribution in [0.2, 0.25) is 0 Å². The maximum Gasteiger partial charge on any atom is 0.132 e. The molecule has 1 aromatic carbocycles. The van der Waals surface area contributed by atoms with E-state index in [0.29, 0.717) is 6.61 Å². The third kappa shape index (κ3) is 3.10. The van der Waals surface area contributed by atoms with E-state index < -0.39 is 0 Å². The summed E-state index contributed by atoms with van der Waals surface area (Å²) in [5, 5.41) is 0. The van der Waals surface area contributed by atoms with Crippen molar-refractivity contribution in [3.05, 3.63) is 64.1 Å². The van der Waals surface area contributed by atoms with Crippen molar-refractivity contribution in [2.24, 2.45) is 0 Å². The van der Waals surface area contributed by atoms with Gasteiger partial charge in [0.05, 0.1) is 12.1 Å². The van der Waals surface area contributed by atoms with Gasteiger partial charge in [-0.25, -0.2) is 4.98 Å². The molecule has 0 unspecified atom stereocenters. The fourth-order valence-electron chi connectivity index (χ4n) is 2.28. The van der Waals surface area contributed by atoms with Crippen LogP contribution in [0, 0.1) is 13.8 Å². The van der Waals surface area contributed by atoms with Crippen LogP contribution in [-0.4, -0.2) is 16.0 Å². The van der Waals surface area contributed by atoms with Crippen LogP contribution < -0.4 is 4.74 Å². The van der Waals surface area contributed by atoms with Gasteiger partial charge >= 0.3 is 0 Å². The molecule has 0 bridgehead atoms. The van der Waals surface area contributed by atoms with Gasteiger partial charge in [-0.2, -0.15) is 0 Å². The topological polar surface area (TPSA) is 26.5 Å². The zero-order chi connectivity index (χ0) is 14.8. The highest BCUT2D eigenvalue weighted by molar-refractivity contribution is 9.10. The molecule has 4 heteroatoms. The lowest BCUT2D eigenvalue weighted by Crippen LogP contribution is -2.05. The third-order valence-corrected chi connectivity index (χ3v) is 4.01. The summed E-state index contributed by atoms with van der Waals surface area (Å²) in [5.74, 6) is 1.91. The van der Waals surface area contributed by atoms with Gasteiger partial charge in [0, 0.05) is 12.6 Å². The first-order chi connectivity index (χ1) is 10.1. The number of pyridine rings is 1. The van der Waals surface area contributed by atoms with E-state index in [1.54, 1.807) is 0 Å². The standard InChI is InChI=1S/C17H17BrN2O/c1-12-3-6-14(7-4-12)21-10-9-16-19-17(18)15-8-5-13(2)11-20(15)16/h3-8,11H,9-10H2,1-2H3. The molecule has 2 heterocycles. The van der Waals surface area contributed by atoms with E-state index in [1.807, 2.05) is 12.1 Å². The van der Waals surface area contributed by atoms with Crippen LogP contribution in [-0.2, 0) is 6.42 Å². The van der Waals surface area contributed by atoms with Crippen molar-refractivity contribution in [1.29, 1.82) is 0 Å². The number of halogens is 1. The predicted molar refractivity (Wildman–Crippen MR) is 88.0 cm³/mol. The Bertz CT molecular complexity index is 762. The SMILES string of the molecule is Cc1ccc(OCCc2nc(Br)c3ccc(C)cn23)cc1. The third-order valence-electron chi connectivity index (χ3n) is 3.43. The van der Waals surface area contributed by atoms with E-state index in [4.69, 9.17) is 4.74 Å². The van der Waals surface area contributed by atoms with Crippen LogP contribution in [0.1, 0.15) is 17.0 Å². The highest BCUT2D eigenvalue weighted by atomic mass is 79.9. The molecule has 0 amide bonds. The fourth-order valence-corrected chi connectivity index (χ4v) is 2.81. The predicted octanol–water partition coefficient (Wildman–Crippen LogP) is 4.34. The highest BCUT2D eigenvalue weighted by Gasteiger charge is 2.09. The van der Waals surface area contributed by atoms with Gasteiger partial charge in [0.2, 0.25) is 0 Å². The van der Waals surface area contributed by atoms with Crippen LogP contribution in [0.25, 0.3) is 5.52 Å². The zero-order valence-corrected chi connectivity index (χ0v) is 13.7. The molecule has 0 aliphatic rings. The lowest BCUT2D eigenvalue weighted by Gasteiger charge is -2.06. The molecule has 0 N–H and O–H groups in total. The van der Waals surface area contributed by atoms with Crippen molar-refractivity contribution >= 4 is 21.4 Å². The van der Waals surface area contributed by atoms with E-state index in [-0.39, 0.29) is 0 Å². The Hall–Kier alpha value is -1.81. The first-order valence-electron chi connectivity index (χ1n) is 6.96. The van der Waals surface area contributed by atoms with Gasteiger partial charge in [-0.3, -0.25) is 0 Å². The molecule has 21 heavy (non-hydrogen) atoms. The van der Waals surface area contributed by atoms with Gasteiger partial charge in [-0.05, 0) is 53.5 Å². The molecule has 0 saturated carbocycles. The maximum absolute atomic E-state index is 5.78. The van der Waals surface area contributed by atoms with Crippen LogP contribution in [0.3, 0.4) is 0 Å². The van der Waals surface area contributed by atoms with Gasteiger partial charge < -0.3 is 9.14 Å². The summed E-state index contributed by atoms with van der Waals surface area (Å²) in [4.78, 5) is 4.58. The molecule has 0 fully saturated rings. The molecule has 3 rings (SSSR count). The molecule has 0 radical (unpaired) electrons. The Morgan fingerprint density at radius 1 is 1.05 bits per heavy atom. The lowest BCUT2D eigenvalue weighted by molar-refractivity contribution is 0.318. The molecule has 108 valence electrons. The molecule has 0 spiro atoms.